The Morgan fingerprint density at radius 3 is 2.56 bits per heavy atom. The Labute approximate surface area is 94.6 Å². The van der Waals surface area contributed by atoms with Crippen molar-refractivity contribution in [3.63, 3.8) is 0 Å². The maximum Gasteiger partial charge on any atom is 0.132 e. The van der Waals surface area contributed by atoms with E-state index < -0.39 is 0 Å². The second-order valence-corrected chi connectivity index (χ2v) is 3.79. The zero-order valence-corrected chi connectivity index (χ0v) is 9.47. The smallest absolute Gasteiger partial charge is 0.132 e. The molecule has 1 aromatic carbocycles. The molecule has 0 fully saturated rings. The summed E-state index contributed by atoms with van der Waals surface area (Å²) in [5.74, 6) is 1.48. The fourth-order valence-electron chi connectivity index (χ4n) is 1.41. The molecule has 2 rings (SSSR count). The van der Waals surface area contributed by atoms with Crippen LogP contribution in [0.4, 0.5) is 5.82 Å². The third-order valence-corrected chi connectivity index (χ3v) is 2.37. The van der Waals surface area contributed by atoms with E-state index in [1.807, 2.05) is 44.3 Å². The zero-order chi connectivity index (χ0) is 11.5. The SMILES string of the molecule is Cc1ccc(OCc2cc(N)n(C)n2)cc1. The van der Waals surface area contributed by atoms with Crippen LogP contribution in [0.3, 0.4) is 0 Å². The van der Waals surface area contributed by atoms with Crippen molar-refractivity contribution >= 4 is 5.82 Å². The van der Waals surface area contributed by atoms with Gasteiger partial charge in [0.1, 0.15) is 23.9 Å². The molecule has 1 aromatic heterocycles. The normalized spacial score (nSPS) is 10.4. The summed E-state index contributed by atoms with van der Waals surface area (Å²) in [6, 6.07) is 9.74. The average molecular weight is 217 g/mol. The lowest BCUT2D eigenvalue weighted by atomic mass is 10.2. The van der Waals surface area contributed by atoms with Crippen molar-refractivity contribution in [2.75, 3.05) is 5.73 Å². The van der Waals surface area contributed by atoms with Gasteiger partial charge in [0.15, 0.2) is 0 Å². The van der Waals surface area contributed by atoms with Crippen LogP contribution in [0, 0.1) is 6.92 Å². The third kappa shape index (κ3) is 2.34. The minimum absolute atomic E-state index is 0.439. The van der Waals surface area contributed by atoms with E-state index in [9.17, 15) is 0 Å². The second kappa shape index (κ2) is 4.26. The van der Waals surface area contributed by atoms with E-state index in [1.165, 1.54) is 5.56 Å². The van der Waals surface area contributed by atoms with Gasteiger partial charge < -0.3 is 10.5 Å². The minimum Gasteiger partial charge on any atom is -0.487 e. The van der Waals surface area contributed by atoms with Crippen molar-refractivity contribution in [2.45, 2.75) is 13.5 Å². The van der Waals surface area contributed by atoms with Gasteiger partial charge in [-0.1, -0.05) is 17.7 Å². The topological polar surface area (TPSA) is 53.1 Å². The Morgan fingerprint density at radius 2 is 2.00 bits per heavy atom. The summed E-state index contributed by atoms with van der Waals surface area (Å²) in [5.41, 5.74) is 7.73. The van der Waals surface area contributed by atoms with Crippen LogP contribution in [0.2, 0.25) is 0 Å². The number of hydrogen-bond donors (Lipinski definition) is 1. The maximum absolute atomic E-state index is 5.67. The molecule has 0 radical (unpaired) electrons. The highest BCUT2D eigenvalue weighted by atomic mass is 16.5. The molecule has 2 aromatic rings. The highest BCUT2D eigenvalue weighted by molar-refractivity contribution is 5.31. The number of nitrogens with zero attached hydrogens (tertiary/aromatic N) is 2. The van der Waals surface area contributed by atoms with Crippen LogP contribution in [-0.2, 0) is 13.7 Å². The predicted octanol–water partition coefficient (Wildman–Crippen LogP) is 1.89. The summed E-state index contributed by atoms with van der Waals surface area (Å²) in [7, 11) is 1.81. The van der Waals surface area contributed by atoms with E-state index in [4.69, 9.17) is 10.5 Å². The van der Waals surface area contributed by atoms with Crippen LogP contribution < -0.4 is 10.5 Å². The van der Waals surface area contributed by atoms with Gasteiger partial charge in [-0.3, -0.25) is 4.68 Å². The first kappa shape index (κ1) is 10.5. The molecule has 16 heavy (non-hydrogen) atoms. The molecule has 0 atom stereocenters. The molecule has 0 aliphatic rings. The van der Waals surface area contributed by atoms with Gasteiger partial charge in [0.2, 0.25) is 0 Å². The minimum atomic E-state index is 0.439. The van der Waals surface area contributed by atoms with Gasteiger partial charge in [0, 0.05) is 13.1 Å². The molecule has 0 bridgehead atoms. The van der Waals surface area contributed by atoms with Crippen LogP contribution in [0.15, 0.2) is 30.3 Å². The van der Waals surface area contributed by atoms with Crippen molar-refractivity contribution in [1.29, 1.82) is 0 Å². The molecule has 4 nitrogen and oxygen atoms in total. The van der Waals surface area contributed by atoms with E-state index >= 15 is 0 Å². The summed E-state index contributed by atoms with van der Waals surface area (Å²) < 4.78 is 7.22. The molecule has 0 saturated heterocycles. The predicted molar refractivity (Wildman–Crippen MR) is 63.1 cm³/mol. The second-order valence-electron chi connectivity index (χ2n) is 3.79. The number of nitrogen functional groups attached to an aromatic ring is 1. The molecule has 4 heteroatoms. The Balaban J connectivity index is 1.99. The van der Waals surface area contributed by atoms with Crippen molar-refractivity contribution in [3.8, 4) is 5.75 Å². The summed E-state index contributed by atoms with van der Waals surface area (Å²) in [6.45, 7) is 2.48. The van der Waals surface area contributed by atoms with Crippen molar-refractivity contribution in [3.05, 3.63) is 41.6 Å². The van der Waals surface area contributed by atoms with E-state index in [0.717, 1.165) is 11.4 Å². The molecular weight excluding hydrogens is 202 g/mol. The summed E-state index contributed by atoms with van der Waals surface area (Å²) in [4.78, 5) is 0. The number of hydrogen-bond acceptors (Lipinski definition) is 3. The zero-order valence-electron chi connectivity index (χ0n) is 9.47. The van der Waals surface area contributed by atoms with Crippen LogP contribution >= 0.6 is 0 Å². The molecular formula is C12H15N3O. The number of aryl methyl sites for hydroxylation is 2. The molecule has 0 spiro atoms. The fraction of sp³-hybridized carbons (Fsp3) is 0.250. The van der Waals surface area contributed by atoms with E-state index in [0.29, 0.717) is 12.4 Å². The number of ether oxygens (including phenoxy) is 1. The Morgan fingerprint density at radius 1 is 1.31 bits per heavy atom. The molecule has 2 N–H and O–H groups in total. The molecule has 84 valence electrons. The Hall–Kier alpha value is -1.97. The van der Waals surface area contributed by atoms with E-state index in [2.05, 4.69) is 5.10 Å². The van der Waals surface area contributed by atoms with Crippen molar-refractivity contribution in [1.82, 2.24) is 9.78 Å². The third-order valence-electron chi connectivity index (χ3n) is 2.37. The van der Waals surface area contributed by atoms with Gasteiger partial charge in [-0.05, 0) is 19.1 Å². The number of rotatable bonds is 3. The average Bonchev–Trinajstić information content (AvgIpc) is 2.58. The summed E-state index contributed by atoms with van der Waals surface area (Å²) >= 11 is 0. The maximum atomic E-state index is 5.67. The van der Waals surface area contributed by atoms with Gasteiger partial charge in [-0.2, -0.15) is 5.10 Å². The quantitative estimate of drug-likeness (QED) is 0.854. The first-order valence-corrected chi connectivity index (χ1v) is 5.13. The summed E-state index contributed by atoms with van der Waals surface area (Å²) in [6.07, 6.45) is 0. The van der Waals surface area contributed by atoms with Crippen LogP contribution in [0.1, 0.15) is 11.3 Å². The van der Waals surface area contributed by atoms with Gasteiger partial charge in [-0.25, -0.2) is 0 Å². The van der Waals surface area contributed by atoms with Crippen LogP contribution in [-0.4, -0.2) is 9.78 Å². The molecule has 0 amide bonds. The molecule has 0 aliphatic carbocycles. The lowest BCUT2D eigenvalue weighted by Gasteiger charge is -2.03. The van der Waals surface area contributed by atoms with Crippen molar-refractivity contribution < 1.29 is 4.74 Å². The molecule has 0 unspecified atom stereocenters. The van der Waals surface area contributed by atoms with Crippen molar-refractivity contribution in [2.24, 2.45) is 7.05 Å². The van der Waals surface area contributed by atoms with Gasteiger partial charge in [-0.15, -0.1) is 0 Å². The fourth-order valence-corrected chi connectivity index (χ4v) is 1.41. The molecule has 0 saturated carbocycles. The van der Waals surface area contributed by atoms with Gasteiger partial charge in [0.05, 0.1) is 0 Å². The number of anilines is 1. The Bertz CT molecular complexity index is 454. The van der Waals surface area contributed by atoms with Crippen LogP contribution in [0.5, 0.6) is 5.75 Å². The standard InChI is InChI=1S/C12H15N3O/c1-9-3-5-11(6-4-9)16-8-10-7-12(13)15(2)14-10/h3-7H,8,13H2,1-2H3. The molecule has 0 aliphatic heterocycles. The van der Waals surface area contributed by atoms with Gasteiger partial charge in [0.25, 0.3) is 0 Å². The summed E-state index contributed by atoms with van der Waals surface area (Å²) in [5, 5.41) is 4.21. The number of aromatic nitrogens is 2. The largest absolute Gasteiger partial charge is 0.487 e. The lowest BCUT2D eigenvalue weighted by molar-refractivity contribution is 0.300. The van der Waals surface area contributed by atoms with Crippen LogP contribution in [0.25, 0.3) is 0 Å². The number of nitrogens with two attached hydrogens (primary N) is 1. The first-order chi connectivity index (χ1) is 7.65. The highest BCUT2D eigenvalue weighted by Gasteiger charge is 2.02. The Kier molecular flexibility index (Phi) is 2.81. The van der Waals surface area contributed by atoms with E-state index in [-0.39, 0.29) is 0 Å². The monoisotopic (exact) mass is 217 g/mol. The van der Waals surface area contributed by atoms with Gasteiger partial charge >= 0.3 is 0 Å². The lowest BCUT2D eigenvalue weighted by Crippen LogP contribution is -1.99. The molecule has 1 heterocycles. The number of benzene rings is 1. The van der Waals surface area contributed by atoms with E-state index in [1.54, 1.807) is 4.68 Å². The highest BCUT2D eigenvalue weighted by Crippen LogP contribution is 2.14. The first-order valence-electron chi connectivity index (χ1n) is 5.13.